The summed E-state index contributed by atoms with van der Waals surface area (Å²) in [6.45, 7) is 3.79. The predicted molar refractivity (Wildman–Crippen MR) is 105 cm³/mol. The van der Waals surface area contributed by atoms with Crippen LogP contribution in [-0.2, 0) is 9.84 Å². The van der Waals surface area contributed by atoms with Crippen LogP contribution in [0.15, 0.2) is 53.4 Å². The highest BCUT2D eigenvalue weighted by molar-refractivity contribution is 7.90. The van der Waals surface area contributed by atoms with Crippen LogP contribution in [0.5, 0.6) is 5.75 Å². The summed E-state index contributed by atoms with van der Waals surface area (Å²) in [7, 11) is -3.34. The Morgan fingerprint density at radius 3 is 2.41 bits per heavy atom. The van der Waals surface area contributed by atoms with Crippen LogP contribution in [0.4, 0.5) is 0 Å². The van der Waals surface area contributed by atoms with Crippen molar-refractivity contribution in [3.8, 4) is 5.75 Å². The molecule has 0 aliphatic carbocycles. The molecule has 0 saturated carbocycles. The van der Waals surface area contributed by atoms with E-state index >= 15 is 0 Å². The van der Waals surface area contributed by atoms with Gasteiger partial charge < -0.3 is 9.64 Å². The summed E-state index contributed by atoms with van der Waals surface area (Å²) >= 11 is 0. The Kier molecular flexibility index (Phi) is 5.85. The maximum atomic E-state index is 12.9. The van der Waals surface area contributed by atoms with Gasteiger partial charge in [0.05, 0.1) is 11.5 Å². The van der Waals surface area contributed by atoms with E-state index in [0.29, 0.717) is 31.2 Å². The monoisotopic (exact) mass is 387 g/mol. The highest BCUT2D eigenvalue weighted by Gasteiger charge is 2.25. The number of amides is 1. The van der Waals surface area contributed by atoms with Crippen LogP contribution in [0, 0.1) is 12.8 Å². The van der Waals surface area contributed by atoms with E-state index in [0.717, 1.165) is 30.4 Å². The molecule has 0 aromatic heterocycles. The van der Waals surface area contributed by atoms with Crippen LogP contribution < -0.4 is 4.74 Å². The molecule has 0 spiro atoms. The van der Waals surface area contributed by atoms with Crippen molar-refractivity contribution in [2.24, 2.45) is 5.92 Å². The number of hydrogen-bond acceptors (Lipinski definition) is 4. The first kappa shape index (κ1) is 19.4. The smallest absolute Gasteiger partial charge is 0.254 e. The number of rotatable bonds is 5. The third kappa shape index (κ3) is 4.89. The van der Waals surface area contributed by atoms with Gasteiger partial charge in [-0.3, -0.25) is 4.79 Å². The van der Waals surface area contributed by atoms with Crippen molar-refractivity contribution in [3.63, 3.8) is 0 Å². The Morgan fingerprint density at radius 1 is 1.11 bits per heavy atom. The number of benzene rings is 2. The number of ether oxygens (including phenoxy) is 1. The van der Waals surface area contributed by atoms with Crippen LogP contribution in [0.2, 0.25) is 0 Å². The topological polar surface area (TPSA) is 63.7 Å². The first-order valence-electron chi connectivity index (χ1n) is 9.12. The van der Waals surface area contributed by atoms with E-state index < -0.39 is 9.84 Å². The second-order valence-corrected chi connectivity index (χ2v) is 9.12. The molecule has 0 radical (unpaired) electrons. The normalized spacial score (nSPS) is 15.6. The third-order valence-corrected chi connectivity index (χ3v) is 6.11. The van der Waals surface area contributed by atoms with Crippen LogP contribution in [0.3, 0.4) is 0 Å². The zero-order valence-corrected chi connectivity index (χ0v) is 16.5. The van der Waals surface area contributed by atoms with Crippen molar-refractivity contribution in [1.82, 2.24) is 4.90 Å². The lowest BCUT2D eigenvalue weighted by Crippen LogP contribution is -2.40. The van der Waals surface area contributed by atoms with Crippen molar-refractivity contribution < 1.29 is 17.9 Å². The third-order valence-electron chi connectivity index (χ3n) is 5.00. The number of hydrogen-bond donors (Lipinski definition) is 0. The molecule has 1 aliphatic heterocycles. The molecule has 0 bridgehead atoms. The van der Waals surface area contributed by atoms with Crippen LogP contribution in [0.25, 0.3) is 0 Å². The lowest BCUT2D eigenvalue weighted by molar-refractivity contribution is 0.0660. The zero-order valence-electron chi connectivity index (χ0n) is 15.7. The quantitative estimate of drug-likeness (QED) is 0.789. The van der Waals surface area contributed by atoms with Gasteiger partial charge in [-0.25, -0.2) is 8.42 Å². The van der Waals surface area contributed by atoms with E-state index in [1.54, 1.807) is 12.1 Å². The van der Waals surface area contributed by atoms with Gasteiger partial charge in [-0.1, -0.05) is 24.3 Å². The number of para-hydroxylation sites is 1. The molecular formula is C21H25NO4S. The molecule has 1 saturated heterocycles. The highest BCUT2D eigenvalue weighted by Crippen LogP contribution is 2.23. The lowest BCUT2D eigenvalue weighted by Gasteiger charge is -2.32. The van der Waals surface area contributed by atoms with E-state index in [2.05, 4.69) is 0 Å². The van der Waals surface area contributed by atoms with Crippen LogP contribution in [-0.4, -0.2) is 45.2 Å². The molecule has 0 atom stereocenters. The Morgan fingerprint density at radius 2 is 1.78 bits per heavy atom. The summed E-state index contributed by atoms with van der Waals surface area (Å²) < 4.78 is 29.4. The van der Waals surface area contributed by atoms with Gasteiger partial charge in [-0.15, -0.1) is 0 Å². The van der Waals surface area contributed by atoms with Gasteiger partial charge in [0.1, 0.15) is 5.75 Å². The van der Waals surface area contributed by atoms with Crippen molar-refractivity contribution in [2.75, 3.05) is 26.0 Å². The predicted octanol–water partition coefficient (Wildman–Crippen LogP) is 3.33. The fraction of sp³-hybridized carbons (Fsp3) is 0.381. The number of nitrogens with zero attached hydrogens (tertiary/aromatic N) is 1. The Hall–Kier alpha value is -2.34. The van der Waals surface area contributed by atoms with E-state index in [-0.39, 0.29) is 10.8 Å². The SMILES string of the molecule is Cc1ccc(S(C)(=O)=O)cc1C(=O)N1CCC(COc2ccccc2)CC1. The minimum absolute atomic E-state index is 0.0968. The maximum Gasteiger partial charge on any atom is 0.254 e. The molecule has 0 N–H and O–H groups in total. The molecule has 5 nitrogen and oxygen atoms in total. The van der Waals surface area contributed by atoms with E-state index in [1.807, 2.05) is 42.2 Å². The van der Waals surface area contributed by atoms with Gasteiger partial charge in [0.15, 0.2) is 9.84 Å². The summed E-state index contributed by atoms with van der Waals surface area (Å²) in [6.07, 6.45) is 2.91. The fourth-order valence-electron chi connectivity index (χ4n) is 3.27. The highest BCUT2D eigenvalue weighted by atomic mass is 32.2. The Labute approximate surface area is 160 Å². The number of sulfone groups is 1. The minimum atomic E-state index is -3.34. The van der Waals surface area contributed by atoms with Crippen LogP contribution in [0.1, 0.15) is 28.8 Å². The Bertz CT molecular complexity index is 901. The lowest BCUT2D eigenvalue weighted by atomic mass is 9.96. The van der Waals surface area contributed by atoms with Gasteiger partial charge in [0.2, 0.25) is 0 Å². The summed E-state index contributed by atoms with van der Waals surface area (Å²) in [5, 5.41) is 0. The summed E-state index contributed by atoms with van der Waals surface area (Å²) in [4.78, 5) is 14.9. The second kappa shape index (κ2) is 8.13. The van der Waals surface area contributed by atoms with Gasteiger partial charge in [0, 0.05) is 24.9 Å². The molecule has 1 fully saturated rings. The Balaban J connectivity index is 1.60. The van der Waals surface area contributed by atoms with Gasteiger partial charge in [-0.05, 0) is 55.5 Å². The maximum absolute atomic E-state index is 12.9. The molecule has 1 heterocycles. The number of aryl methyl sites for hydroxylation is 1. The average molecular weight is 388 g/mol. The van der Waals surface area contributed by atoms with Crippen molar-refractivity contribution in [1.29, 1.82) is 0 Å². The number of carbonyl (C=O) groups is 1. The van der Waals surface area contributed by atoms with E-state index in [4.69, 9.17) is 4.74 Å². The fourth-order valence-corrected chi connectivity index (χ4v) is 3.91. The van der Waals surface area contributed by atoms with Crippen LogP contribution >= 0.6 is 0 Å². The molecule has 3 rings (SSSR count). The molecule has 2 aromatic carbocycles. The van der Waals surface area contributed by atoms with E-state index in [1.165, 1.54) is 6.07 Å². The largest absolute Gasteiger partial charge is 0.493 e. The van der Waals surface area contributed by atoms with Crippen molar-refractivity contribution in [2.45, 2.75) is 24.7 Å². The number of piperidine rings is 1. The number of carbonyl (C=O) groups excluding carboxylic acids is 1. The molecule has 1 amide bonds. The molecule has 0 unspecified atom stereocenters. The van der Waals surface area contributed by atoms with E-state index in [9.17, 15) is 13.2 Å². The first-order valence-corrected chi connectivity index (χ1v) is 11.0. The van der Waals surface area contributed by atoms with Crippen molar-refractivity contribution in [3.05, 3.63) is 59.7 Å². The van der Waals surface area contributed by atoms with Gasteiger partial charge >= 0.3 is 0 Å². The summed E-state index contributed by atoms with van der Waals surface area (Å²) in [5.41, 5.74) is 1.26. The molecule has 144 valence electrons. The molecular weight excluding hydrogens is 362 g/mol. The average Bonchev–Trinajstić information content (AvgIpc) is 2.66. The zero-order chi connectivity index (χ0) is 19.4. The van der Waals surface area contributed by atoms with Gasteiger partial charge in [0.25, 0.3) is 5.91 Å². The van der Waals surface area contributed by atoms with Gasteiger partial charge in [-0.2, -0.15) is 0 Å². The molecule has 2 aromatic rings. The standard InChI is InChI=1S/C21H25NO4S/c1-16-8-9-19(27(2,24)25)14-20(16)21(23)22-12-10-17(11-13-22)15-26-18-6-4-3-5-7-18/h3-9,14,17H,10-13,15H2,1-2H3. The molecule has 6 heteroatoms. The first-order chi connectivity index (χ1) is 12.8. The molecule has 27 heavy (non-hydrogen) atoms. The summed E-state index contributed by atoms with van der Waals surface area (Å²) in [5.74, 6) is 1.18. The minimum Gasteiger partial charge on any atom is -0.493 e. The molecule has 1 aliphatic rings. The number of likely N-dealkylation sites (tertiary alicyclic amines) is 1. The summed E-state index contributed by atoms with van der Waals surface area (Å²) in [6, 6.07) is 14.5. The van der Waals surface area contributed by atoms with Crippen molar-refractivity contribution >= 4 is 15.7 Å². The second-order valence-electron chi connectivity index (χ2n) is 7.11.